The molecule has 0 bridgehead atoms. The van der Waals surface area contributed by atoms with Crippen LogP contribution in [0.1, 0.15) is 30.4 Å². The molecule has 0 saturated heterocycles. The van der Waals surface area contributed by atoms with Crippen molar-refractivity contribution in [3.8, 4) is 6.07 Å². The Morgan fingerprint density at radius 2 is 2.10 bits per heavy atom. The first kappa shape index (κ1) is 19.3. The maximum absolute atomic E-state index is 13.6. The van der Waals surface area contributed by atoms with E-state index in [1.54, 1.807) is 42.4 Å². The van der Waals surface area contributed by atoms with Gasteiger partial charge in [0.05, 0.1) is 23.1 Å². The molecule has 1 aromatic heterocycles. The van der Waals surface area contributed by atoms with Gasteiger partial charge in [0.2, 0.25) is 5.91 Å². The molecule has 2 aromatic rings. The van der Waals surface area contributed by atoms with Crippen LogP contribution in [0.4, 0.5) is 11.4 Å². The van der Waals surface area contributed by atoms with Gasteiger partial charge in [-0.3, -0.25) is 19.5 Å². The summed E-state index contributed by atoms with van der Waals surface area (Å²) in [5.41, 5.74) is 8.33. The van der Waals surface area contributed by atoms with E-state index >= 15 is 0 Å². The molecule has 0 radical (unpaired) electrons. The molecule has 1 aliphatic carbocycles. The lowest BCUT2D eigenvalue weighted by Gasteiger charge is -2.43. The van der Waals surface area contributed by atoms with E-state index < -0.39 is 11.3 Å². The zero-order valence-corrected chi connectivity index (χ0v) is 17.5. The number of nitrogens with one attached hydrogen (secondary N) is 1. The normalized spacial score (nSPS) is 22.4. The van der Waals surface area contributed by atoms with E-state index in [-0.39, 0.29) is 17.2 Å². The lowest BCUT2D eigenvalue weighted by molar-refractivity contribution is -0.122. The van der Waals surface area contributed by atoms with Gasteiger partial charge >= 0.3 is 0 Å². The predicted octanol–water partition coefficient (Wildman–Crippen LogP) is 3.45. The Morgan fingerprint density at radius 1 is 1.29 bits per heavy atom. The molecule has 8 heteroatoms. The van der Waals surface area contributed by atoms with Crippen molar-refractivity contribution >= 4 is 34.7 Å². The summed E-state index contributed by atoms with van der Waals surface area (Å²) in [6.07, 6.45) is 4.74. The number of carbonyl (C=O) groups excluding carboxylic acids is 2. The van der Waals surface area contributed by atoms with Gasteiger partial charge in [-0.05, 0) is 43.5 Å². The van der Waals surface area contributed by atoms with Crippen LogP contribution in [0.25, 0.3) is 0 Å². The second-order valence-electron chi connectivity index (χ2n) is 7.82. The standard InChI is InChI=1S/C23H18ClN5O2/c1-12-16(24)8-7-14-20(12)28-22(31)23(14)15(10-25)21(26)29(13-4-3-9-27-11-13)17-5-2-6-18(30)19(17)23/h3-4,7-9,11H,2,5-6,26H2,1H3,(H,28,31). The Hall–Kier alpha value is -3.63. The number of amides is 1. The van der Waals surface area contributed by atoms with E-state index in [0.717, 1.165) is 0 Å². The van der Waals surface area contributed by atoms with Gasteiger partial charge < -0.3 is 11.1 Å². The molecule has 1 spiro atoms. The number of halogens is 1. The number of benzene rings is 1. The van der Waals surface area contributed by atoms with Crippen LogP contribution in [-0.2, 0) is 15.0 Å². The first-order valence-corrected chi connectivity index (χ1v) is 10.3. The number of nitriles is 1. The maximum Gasteiger partial charge on any atom is 0.245 e. The van der Waals surface area contributed by atoms with Crippen LogP contribution >= 0.6 is 11.6 Å². The minimum Gasteiger partial charge on any atom is -0.384 e. The van der Waals surface area contributed by atoms with Crippen LogP contribution in [0.5, 0.6) is 0 Å². The fourth-order valence-electron chi connectivity index (χ4n) is 4.96. The second-order valence-corrected chi connectivity index (χ2v) is 8.22. The van der Waals surface area contributed by atoms with E-state index in [2.05, 4.69) is 16.4 Å². The zero-order chi connectivity index (χ0) is 21.9. The van der Waals surface area contributed by atoms with Crippen molar-refractivity contribution < 1.29 is 9.59 Å². The van der Waals surface area contributed by atoms with E-state index in [1.165, 1.54) is 0 Å². The Morgan fingerprint density at radius 3 is 2.81 bits per heavy atom. The number of Topliss-reactive ketones (excluding diaryl/α,β-unsaturated/α-hetero) is 1. The monoisotopic (exact) mass is 431 g/mol. The Labute approximate surface area is 183 Å². The molecule has 2 aliphatic heterocycles. The van der Waals surface area contributed by atoms with E-state index in [9.17, 15) is 14.9 Å². The van der Waals surface area contributed by atoms with Gasteiger partial charge in [0.15, 0.2) is 5.78 Å². The third-order valence-electron chi connectivity index (χ3n) is 6.30. The number of anilines is 2. The minimum absolute atomic E-state index is 0.0309. The van der Waals surface area contributed by atoms with Crippen LogP contribution in [0.3, 0.4) is 0 Å². The molecular weight excluding hydrogens is 414 g/mol. The zero-order valence-electron chi connectivity index (χ0n) is 16.7. The number of carbonyl (C=O) groups is 2. The quantitative estimate of drug-likeness (QED) is 0.715. The summed E-state index contributed by atoms with van der Waals surface area (Å²) in [5, 5.41) is 13.6. The van der Waals surface area contributed by atoms with Crippen molar-refractivity contribution in [3.05, 3.63) is 75.5 Å². The molecule has 0 saturated carbocycles. The maximum atomic E-state index is 13.6. The summed E-state index contributed by atoms with van der Waals surface area (Å²) < 4.78 is 0. The van der Waals surface area contributed by atoms with Crippen molar-refractivity contribution in [2.24, 2.45) is 5.73 Å². The number of rotatable bonds is 1. The summed E-state index contributed by atoms with van der Waals surface area (Å²) in [7, 11) is 0. The summed E-state index contributed by atoms with van der Waals surface area (Å²) in [6.45, 7) is 1.79. The Balaban J connectivity index is 1.91. The second kappa shape index (κ2) is 6.69. The van der Waals surface area contributed by atoms with Crippen LogP contribution < -0.4 is 16.0 Å². The number of aromatic nitrogens is 1. The number of hydrogen-bond acceptors (Lipinski definition) is 6. The van der Waals surface area contributed by atoms with E-state index in [1.807, 2.05) is 6.07 Å². The van der Waals surface area contributed by atoms with E-state index in [4.69, 9.17) is 17.3 Å². The Kier molecular flexibility index (Phi) is 4.17. The average molecular weight is 432 g/mol. The highest BCUT2D eigenvalue weighted by Crippen LogP contribution is 2.56. The highest BCUT2D eigenvalue weighted by Gasteiger charge is 2.60. The molecule has 1 unspecified atom stereocenters. The molecule has 154 valence electrons. The van der Waals surface area contributed by atoms with Crippen molar-refractivity contribution in [1.82, 2.24) is 4.98 Å². The van der Waals surface area contributed by atoms with Crippen LogP contribution in [-0.4, -0.2) is 16.7 Å². The minimum atomic E-state index is -1.59. The van der Waals surface area contributed by atoms with Gasteiger partial charge in [-0.1, -0.05) is 17.7 Å². The van der Waals surface area contributed by atoms with Gasteiger partial charge in [0, 0.05) is 34.5 Å². The van der Waals surface area contributed by atoms with E-state index in [0.29, 0.717) is 58.1 Å². The van der Waals surface area contributed by atoms with Crippen molar-refractivity contribution in [3.63, 3.8) is 0 Å². The molecule has 3 N–H and O–H groups in total. The van der Waals surface area contributed by atoms with Gasteiger partial charge in [-0.2, -0.15) is 5.26 Å². The molecule has 1 atom stereocenters. The lowest BCUT2D eigenvalue weighted by atomic mass is 9.63. The summed E-state index contributed by atoms with van der Waals surface area (Å²) in [5.74, 6) is -0.494. The topological polar surface area (TPSA) is 112 Å². The lowest BCUT2D eigenvalue weighted by Crippen LogP contribution is -2.50. The summed E-state index contributed by atoms with van der Waals surface area (Å²) >= 11 is 6.29. The van der Waals surface area contributed by atoms with Crippen LogP contribution in [0.2, 0.25) is 5.02 Å². The van der Waals surface area contributed by atoms with Crippen LogP contribution in [0.15, 0.2) is 59.3 Å². The molecule has 3 aliphatic rings. The number of nitrogens with two attached hydrogens (primary N) is 1. The first-order valence-electron chi connectivity index (χ1n) is 9.91. The van der Waals surface area contributed by atoms with Gasteiger partial charge in [-0.15, -0.1) is 0 Å². The van der Waals surface area contributed by atoms with Gasteiger partial charge in [0.25, 0.3) is 0 Å². The summed E-state index contributed by atoms with van der Waals surface area (Å²) in [6, 6.07) is 9.12. The third-order valence-corrected chi connectivity index (χ3v) is 6.71. The largest absolute Gasteiger partial charge is 0.384 e. The molecular formula is C23H18ClN5O2. The molecule has 5 rings (SSSR count). The fourth-order valence-corrected chi connectivity index (χ4v) is 5.12. The first-order chi connectivity index (χ1) is 14.9. The number of nitrogens with zero attached hydrogens (tertiary/aromatic N) is 3. The van der Waals surface area contributed by atoms with Crippen molar-refractivity contribution in [1.29, 1.82) is 5.26 Å². The molecule has 7 nitrogen and oxygen atoms in total. The molecule has 3 heterocycles. The Bertz CT molecular complexity index is 1270. The highest BCUT2D eigenvalue weighted by atomic mass is 35.5. The molecule has 0 fully saturated rings. The average Bonchev–Trinajstić information content (AvgIpc) is 3.05. The number of fused-ring (bicyclic) bond motifs is 3. The number of pyridine rings is 1. The predicted molar refractivity (Wildman–Crippen MR) is 116 cm³/mol. The summed E-state index contributed by atoms with van der Waals surface area (Å²) in [4.78, 5) is 32.8. The molecule has 31 heavy (non-hydrogen) atoms. The smallest absolute Gasteiger partial charge is 0.245 e. The SMILES string of the molecule is Cc1c(Cl)ccc2c1NC(=O)C21C(C#N)=C(N)N(c2cccnc2)C2=C1C(=O)CCC2. The number of ketones is 1. The van der Waals surface area contributed by atoms with Crippen LogP contribution in [0, 0.1) is 18.3 Å². The molecule has 1 amide bonds. The fraction of sp³-hybridized carbons (Fsp3) is 0.217. The highest BCUT2D eigenvalue weighted by molar-refractivity contribution is 6.32. The number of allylic oxidation sites excluding steroid dienone is 1. The van der Waals surface area contributed by atoms with Crippen molar-refractivity contribution in [2.45, 2.75) is 31.6 Å². The van der Waals surface area contributed by atoms with Gasteiger partial charge in [0.1, 0.15) is 17.3 Å². The van der Waals surface area contributed by atoms with Gasteiger partial charge in [-0.25, -0.2) is 0 Å². The third kappa shape index (κ3) is 2.37. The molecule has 1 aromatic carbocycles. The number of hydrogen-bond donors (Lipinski definition) is 2. The van der Waals surface area contributed by atoms with Crippen molar-refractivity contribution in [2.75, 3.05) is 10.2 Å².